The van der Waals surface area contributed by atoms with Crippen molar-refractivity contribution in [1.29, 1.82) is 0 Å². The minimum absolute atomic E-state index is 0.00343. The second kappa shape index (κ2) is 12.3. The number of carbonyl (C=O) groups excluding carboxylic acids is 2. The van der Waals surface area contributed by atoms with Gasteiger partial charge in [0.1, 0.15) is 5.25 Å². The van der Waals surface area contributed by atoms with E-state index in [0.717, 1.165) is 5.56 Å². The summed E-state index contributed by atoms with van der Waals surface area (Å²) in [7, 11) is 3.15. The largest absolute Gasteiger partial charge is 0.493 e. The number of thioether (sulfide) groups is 1. The van der Waals surface area contributed by atoms with Gasteiger partial charge in [-0.3, -0.25) is 14.5 Å². The Labute approximate surface area is 224 Å². The molecular formula is C28H27N3O6S. The van der Waals surface area contributed by atoms with Gasteiger partial charge in [0.05, 0.1) is 25.5 Å². The highest BCUT2D eigenvalue weighted by molar-refractivity contribution is 8.15. The van der Waals surface area contributed by atoms with Crippen LogP contribution in [0.4, 0.5) is 11.4 Å². The van der Waals surface area contributed by atoms with Crippen LogP contribution in [-0.2, 0) is 16.0 Å². The van der Waals surface area contributed by atoms with E-state index in [9.17, 15) is 14.4 Å². The van der Waals surface area contributed by atoms with Gasteiger partial charge in [0, 0.05) is 18.7 Å². The zero-order chi connectivity index (χ0) is 27.1. The van der Waals surface area contributed by atoms with E-state index in [0.29, 0.717) is 41.0 Å². The van der Waals surface area contributed by atoms with E-state index in [1.807, 2.05) is 48.5 Å². The normalized spacial score (nSPS) is 16.3. The van der Waals surface area contributed by atoms with Crippen LogP contribution in [0.2, 0.25) is 0 Å². The van der Waals surface area contributed by atoms with Gasteiger partial charge in [0.25, 0.3) is 0 Å². The maximum absolute atomic E-state index is 13.3. The maximum Gasteiger partial charge on any atom is 0.335 e. The number of rotatable bonds is 9. The smallest absolute Gasteiger partial charge is 0.335 e. The zero-order valence-electron chi connectivity index (χ0n) is 20.9. The van der Waals surface area contributed by atoms with E-state index in [1.165, 1.54) is 36.0 Å². The molecule has 3 aromatic rings. The Kier molecular flexibility index (Phi) is 8.65. The van der Waals surface area contributed by atoms with Crippen LogP contribution >= 0.6 is 11.8 Å². The molecule has 2 N–H and O–H groups in total. The van der Waals surface area contributed by atoms with E-state index in [1.54, 1.807) is 19.1 Å². The number of nitrogens with zero attached hydrogens (tertiary/aromatic N) is 2. The van der Waals surface area contributed by atoms with Gasteiger partial charge in [-0.15, -0.1) is 0 Å². The molecular weight excluding hydrogens is 506 g/mol. The highest BCUT2D eigenvalue weighted by Crippen LogP contribution is 2.31. The first-order chi connectivity index (χ1) is 18.4. The average molecular weight is 534 g/mol. The fourth-order valence-electron chi connectivity index (χ4n) is 3.87. The summed E-state index contributed by atoms with van der Waals surface area (Å²) in [6, 6.07) is 20.7. The first kappa shape index (κ1) is 26.7. The number of benzene rings is 3. The highest BCUT2D eigenvalue weighted by atomic mass is 32.2. The van der Waals surface area contributed by atoms with Crippen LogP contribution in [0.25, 0.3) is 0 Å². The Hall–Kier alpha value is -4.31. The molecule has 196 valence electrons. The highest BCUT2D eigenvalue weighted by Gasteiger charge is 2.35. The van der Waals surface area contributed by atoms with Crippen LogP contribution < -0.4 is 14.8 Å². The molecule has 1 aliphatic heterocycles. The van der Waals surface area contributed by atoms with Crippen LogP contribution in [0, 0.1) is 0 Å². The lowest BCUT2D eigenvalue weighted by atomic mass is 10.1. The van der Waals surface area contributed by atoms with E-state index in [2.05, 4.69) is 10.3 Å². The number of methoxy groups -OCH3 is 2. The fraction of sp³-hybridized carbons (Fsp3) is 0.214. The summed E-state index contributed by atoms with van der Waals surface area (Å²) in [4.78, 5) is 43.7. The van der Waals surface area contributed by atoms with Crippen LogP contribution in [0.1, 0.15) is 22.3 Å². The number of nitrogens with one attached hydrogen (secondary N) is 1. The molecule has 1 heterocycles. The summed E-state index contributed by atoms with van der Waals surface area (Å²) in [5.74, 6) is -0.382. The third-order valence-electron chi connectivity index (χ3n) is 5.88. The van der Waals surface area contributed by atoms with E-state index < -0.39 is 11.2 Å². The predicted molar refractivity (Wildman–Crippen MR) is 147 cm³/mol. The van der Waals surface area contributed by atoms with E-state index in [-0.39, 0.29) is 23.8 Å². The van der Waals surface area contributed by atoms with Gasteiger partial charge in [-0.25, -0.2) is 9.79 Å². The number of ether oxygens (including phenoxy) is 2. The Balaban J connectivity index is 1.52. The number of amides is 2. The van der Waals surface area contributed by atoms with Crippen LogP contribution in [0.15, 0.2) is 77.8 Å². The van der Waals surface area contributed by atoms with Gasteiger partial charge >= 0.3 is 5.97 Å². The van der Waals surface area contributed by atoms with Crippen LogP contribution in [0.3, 0.4) is 0 Å². The third-order valence-corrected chi connectivity index (χ3v) is 7.07. The minimum Gasteiger partial charge on any atom is -0.493 e. The van der Waals surface area contributed by atoms with Crippen molar-refractivity contribution in [3.05, 3.63) is 83.9 Å². The summed E-state index contributed by atoms with van der Waals surface area (Å²) in [5.41, 5.74) is 2.20. The zero-order valence-corrected chi connectivity index (χ0v) is 21.7. The molecule has 0 aromatic heterocycles. The molecule has 0 aliphatic carbocycles. The Bertz CT molecular complexity index is 1340. The summed E-state index contributed by atoms with van der Waals surface area (Å²) in [6.07, 6.45) is 0.552. The first-order valence-electron chi connectivity index (χ1n) is 11.8. The second-order valence-corrected chi connectivity index (χ2v) is 9.57. The van der Waals surface area contributed by atoms with Gasteiger partial charge in [-0.05, 0) is 60.5 Å². The van der Waals surface area contributed by atoms with Gasteiger partial charge in [0.2, 0.25) is 11.8 Å². The summed E-state index contributed by atoms with van der Waals surface area (Å²) >= 11 is 1.23. The number of hydrogen-bond donors (Lipinski definition) is 2. The number of anilines is 1. The molecule has 1 aliphatic rings. The molecule has 4 rings (SSSR count). The Morgan fingerprint density at radius 3 is 2.39 bits per heavy atom. The van der Waals surface area contributed by atoms with Gasteiger partial charge in [0.15, 0.2) is 16.7 Å². The molecule has 0 bridgehead atoms. The Morgan fingerprint density at radius 2 is 1.74 bits per heavy atom. The van der Waals surface area contributed by atoms with Crippen LogP contribution in [-0.4, -0.2) is 59.0 Å². The average Bonchev–Trinajstić information content (AvgIpc) is 2.93. The number of para-hydroxylation sites is 1. The van der Waals surface area contributed by atoms with Crippen molar-refractivity contribution in [3.8, 4) is 11.5 Å². The quantitative estimate of drug-likeness (QED) is 0.413. The Morgan fingerprint density at radius 1 is 1.03 bits per heavy atom. The third kappa shape index (κ3) is 6.51. The number of amidine groups is 1. The lowest BCUT2D eigenvalue weighted by Crippen LogP contribution is -2.46. The molecule has 38 heavy (non-hydrogen) atoms. The topological polar surface area (TPSA) is 118 Å². The van der Waals surface area contributed by atoms with Gasteiger partial charge in [-0.1, -0.05) is 36.0 Å². The first-order valence-corrected chi connectivity index (χ1v) is 12.7. The van der Waals surface area contributed by atoms with Crippen molar-refractivity contribution >= 4 is 46.1 Å². The van der Waals surface area contributed by atoms with Gasteiger partial charge < -0.3 is 19.9 Å². The molecule has 3 aromatic carbocycles. The molecule has 2 amide bonds. The molecule has 1 atom stereocenters. The SMILES string of the molecule is COc1ccc(CCN2C(=O)C[C@H](C(=O)Nc3ccc(C(=O)O)cc3)SC2=Nc2ccccc2)cc1OC. The number of aromatic carboxylic acids is 1. The predicted octanol–water partition coefficient (Wildman–Crippen LogP) is 4.61. The molecule has 1 saturated heterocycles. The maximum atomic E-state index is 13.3. The molecule has 0 radical (unpaired) electrons. The van der Waals surface area contributed by atoms with Crippen molar-refractivity contribution in [3.63, 3.8) is 0 Å². The number of aliphatic imine (C=N–C) groups is 1. The molecule has 0 saturated carbocycles. The van der Waals surface area contributed by atoms with Crippen molar-refractivity contribution in [2.24, 2.45) is 4.99 Å². The lowest BCUT2D eigenvalue weighted by molar-refractivity contribution is -0.129. The van der Waals surface area contributed by atoms with Crippen molar-refractivity contribution < 1.29 is 29.0 Å². The molecule has 1 fully saturated rings. The van der Waals surface area contributed by atoms with Crippen molar-refractivity contribution in [1.82, 2.24) is 4.90 Å². The molecule has 0 unspecified atom stereocenters. The fourth-order valence-corrected chi connectivity index (χ4v) is 4.99. The summed E-state index contributed by atoms with van der Waals surface area (Å²) in [6.45, 7) is 0.373. The van der Waals surface area contributed by atoms with E-state index >= 15 is 0 Å². The van der Waals surface area contributed by atoms with Crippen LogP contribution in [0.5, 0.6) is 11.5 Å². The number of carboxylic acid groups (broad SMARTS) is 1. The van der Waals surface area contributed by atoms with Crippen molar-refractivity contribution in [2.45, 2.75) is 18.1 Å². The minimum atomic E-state index is -1.05. The lowest BCUT2D eigenvalue weighted by Gasteiger charge is -2.32. The van der Waals surface area contributed by atoms with Crippen molar-refractivity contribution in [2.75, 3.05) is 26.1 Å². The number of carboxylic acids is 1. The number of carbonyl (C=O) groups is 3. The monoisotopic (exact) mass is 533 g/mol. The second-order valence-electron chi connectivity index (χ2n) is 8.40. The molecule has 10 heteroatoms. The standard InChI is InChI=1S/C28H27N3O6S/c1-36-22-13-8-18(16-23(22)37-2)14-15-31-25(32)17-24(38-28(31)30-20-6-4-3-5-7-20)26(33)29-21-11-9-19(10-12-21)27(34)35/h3-13,16,24H,14-15,17H2,1-2H3,(H,29,33)(H,34,35)/t24-/m1/s1. The molecule has 9 nitrogen and oxygen atoms in total. The molecule has 0 spiro atoms. The van der Waals surface area contributed by atoms with Gasteiger partial charge in [-0.2, -0.15) is 0 Å². The van der Waals surface area contributed by atoms with E-state index in [4.69, 9.17) is 14.6 Å². The number of hydrogen-bond acceptors (Lipinski definition) is 7. The summed E-state index contributed by atoms with van der Waals surface area (Å²) in [5, 5.41) is 11.6. The summed E-state index contributed by atoms with van der Waals surface area (Å²) < 4.78 is 10.7.